The number of rotatable bonds is 2. The molecule has 1 heterocycles. The van der Waals surface area contributed by atoms with Crippen LogP contribution in [-0.2, 0) is 0 Å². The molecule has 0 bridgehead atoms. The van der Waals surface area contributed by atoms with E-state index in [9.17, 15) is 9.90 Å². The highest BCUT2D eigenvalue weighted by molar-refractivity contribution is 6.01. The van der Waals surface area contributed by atoms with Crippen molar-refractivity contribution in [1.82, 2.24) is 10.4 Å². The number of nitrogens with one attached hydrogen (secondary N) is 2. The molecular formula is C14H17N3O2. The van der Waals surface area contributed by atoms with Crippen LogP contribution in [0.2, 0.25) is 0 Å². The van der Waals surface area contributed by atoms with Gasteiger partial charge in [-0.3, -0.25) is 9.78 Å². The SMILES string of the molecule is CC(C)(C)NN=Cc1c(O)[nH]c(=O)c2ccccc12. The first-order chi connectivity index (χ1) is 8.88. The van der Waals surface area contributed by atoms with Crippen LogP contribution in [0.4, 0.5) is 0 Å². The second-order valence-electron chi connectivity index (χ2n) is 5.38. The molecule has 19 heavy (non-hydrogen) atoms. The van der Waals surface area contributed by atoms with E-state index in [0.717, 1.165) is 0 Å². The predicted molar refractivity (Wildman–Crippen MR) is 76.7 cm³/mol. The van der Waals surface area contributed by atoms with E-state index in [-0.39, 0.29) is 17.0 Å². The number of nitrogens with zero attached hydrogens (tertiary/aromatic N) is 1. The van der Waals surface area contributed by atoms with Crippen molar-refractivity contribution in [1.29, 1.82) is 0 Å². The molecule has 0 saturated carbocycles. The summed E-state index contributed by atoms with van der Waals surface area (Å²) in [5, 5.41) is 15.1. The second-order valence-corrected chi connectivity index (χ2v) is 5.38. The van der Waals surface area contributed by atoms with E-state index in [1.165, 1.54) is 6.21 Å². The maximum atomic E-state index is 11.7. The number of aromatic nitrogens is 1. The zero-order valence-corrected chi connectivity index (χ0v) is 11.2. The van der Waals surface area contributed by atoms with Crippen molar-refractivity contribution in [3.05, 3.63) is 40.2 Å². The predicted octanol–water partition coefficient (Wildman–Crippen LogP) is 1.96. The van der Waals surface area contributed by atoms with Gasteiger partial charge in [0.1, 0.15) is 0 Å². The fourth-order valence-corrected chi connectivity index (χ4v) is 1.71. The molecule has 0 aliphatic rings. The van der Waals surface area contributed by atoms with Crippen molar-refractivity contribution < 1.29 is 5.11 Å². The van der Waals surface area contributed by atoms with Crippen LogP contribution < -0.4 is 11.0 Å². The fraction of sp³-hybridized carbons (Fsp3) is 0.286. The molecule has 0 unspecified atom stereocenters. The summed E-state index contributed by atoms with van der Waals surface area (Å²) in [5.74, 6) is -0.178. The van der Waals surface area contributed by atoms with Gasteiger partial charge in [-0.15, -0.1) is 0 Å². The minimum absolute atomic E-state index is 0.163. The lowest BCUT2D eigenvalue weighted by Gasteiger charge is -2.17. The van der Waals surface area contributed by atoms with E-state index < -0.39 is 0 Å². The van der Waals surface area contributed by atoms with Gasteiger partial charge in [0.15, 0.2) is 0 Å². The number of aromatic amines is 1. The van der Waals surface area contributed by atoms with Crippen LogP contribution in [0.15, 0.2) is 34.2 Å². The van der Waals surface area contributed by atoms with Gasteiger partial charge in [-0.25, -0.2) is 0 Å². The average molecular weight is 259 g/mol. The van der Waals surface area contributed by atoms with Crippen LogP contribution in [0, 0.1) is 0 Å². The molecule has 2 aromatic rings. The zero-order valence-electron chi connectivity index (χ0n) is 11.2. The van der Waals surface area contributed by atoms with Crippen molar-refractivity contribution in [3.63, 3.8) is 0 Å². The Balaban J connectivity index is 2.51. The van der Waals surface area contributed by atoms with Crippen molar-refractivity contribution >= 4 is 17.0 Å². The summed E-state index contributed by atoms with van der Waals surface area (Å²) in [6.45, 7) is 5.94. The van der Waals surface area contributed by atoms with Crippen molar-refractivity contribution in [2.24, 2.45) is 5.10 Å². The molecule has 0 fully saturated rings. The quantitative estimate of drug-likeness (QED) is 0.570. The summed E-state index contributed by atoms with van der Waals surface area (Å²) >= 11 is 0. The van der Waals surface area contributed by atoms with Crippen LogP contribution in [0.5, 0.6) is 5.88 Å². The molecule has 1 aromatic heterocycles. The summed E-state index contributed by atoms with van der Waals surface area (Å²) in [4.78, 5) is 14.1. The first kappa shape index (κ1) is 13.1. The lowest BCUT2D eigenvalue weighted by atomic mass is 10.1. The van der Waals surface area contributed by atoms with Crippen molar-refractivity contribution in [2.45, 2.75) is 26.3 Å². The standard InChI is InChI=1S/C14H17N3O2/c1-14(2,3)17-15-8-11-9-6-4-5-7-10(9)12(18)16-13(11)19/h4-8,17H,1-3H3,(H2,16,18,19). The minimum Gasteiger partial charge on any atom is -0.494 e. The number of hydrogen-bond donors (Lipinski definition) is 3. The largest absolute Gasteiger partial charge is 0.494 e. The van der Waals surface area contributed by atoms with E-state index >= 15 is 0 Å². The third-order valence-electron chi connectivity index (χ3n) is 2.54. The van der Waals surface area contributed by atoms with Gasteiger partial charge in [0.2, 0.25) is 5.88 Å². The van der Waals surface area contributed by atoms with Gasteiger partial charge in [0.05, 0.1) is 11.8 Å². The fourth-order valence-electron chi connectivity index (χ4n) is 1.71. The van der Waals surface area contributed by atoms with Gasteiger partial charge in [-0.2, -0.15) is 5.10 Å². The third-order valence-corrected chi connectivity index (χ3v) is 2.54. The third kappa shape index (κ3) is 2.93. The Kier molecular flexibility index (Phi) is 3.29. The molecule has 1 aromatic carbocycles. The number of hydrogen-bond acceptors (Lipinski definition) is 4. The molecule has 5 nitrogen and oxygen atoms in total. The highest BCUT2D eigenvalue weighted by Crippen LogP contribution is 2.20. The lowest BCUT2D eigenvalue weighted by molar-refractivity contribution is 0.440. The smallest absolute Gasteiger partial charge is 0.258 e. The average Bonchev–Trinajstić information content (AvgIpc) is 2.32. The summed E-state index contributed by atoms with van der Waals surface area (Å²) in [5.41, 5.74) is 2.96. The first-order valence-corrected chi connectivity index (χ1v) is 6.03. The molecule has 0 saturated heterocycles. The van der Waals surface area contributed by atoms with Crippen LogP contribution in [0.3, 0.4) is 0 Å². The summed E-state index contributed by atoms with van der Waals surface area (Å²) < 4.78 is 0. The molecule has 100 valence electrons. The zero-order chi connectivity index (χ0) is 14.0. The Morgan fingerprint density at radius 2 is 1.89 bits per heavy atom. The van der Waals surface area contributed by atoms with E-state index in [1.807, 2.05) is 26.8 Å². The Bertz CT molecular complexity index is 681. The normalized spacial score (nSPS) is 12.2. The highest BCUT2D eigenvalue weighted by atomic mass is 16.3. The van der Waals surface area contributed by atoms with Gasteiger partial charge >= 0.3 is 0 Å². The van der Waals surface area contributed by atoms with Crippen molar-refractivity contribution in [2.75, 3.05) is 0 Å². The monoisotopic (exact) mass is 259 g/mol. The maximum Gasteiger partial charge on any atom is 0.258 e. The Morgan fingerprint density at radius 1 is 1.26 bits per heavy atom. The number of fused-ring (bicyclic) bond motifs is 1. The summed E-state index contributed by atoms with van der Waals surface area (Å²) in [6, 6.07) is 7.09. The molecule has 0 aliphatic heterocycles. The summed E-state index contributed by atoms with van der Waals surface area (Å²) in [7, 11) is 0. The van der Waals surface area contributed by atoms with Crippen LogP contribution in [-0.4, -0.2) is 21.8 Å². The first-order valence-electron chi connectivity index (χ1n) is 6.03. The Labute approximate surface area is 111 Å². The molecule has 0 spiro atoms. The number of benzene rings is 1. The number of aromatic hydroxyl groups is 1. The van der Waals surface area contributed by atoms with Gasteiger partial charge in [0.25, 0.3) is 5.56 Å². The van der Waals surface area contributed by atoms with E-state index in [4.69, 9.17) is 0 Å². The summed E-state index contributed by atoms with van der Waals surface area (Å²) in [6.07, 6.45) is 1.51. The minimum atomic E-state index is -0.311. The molecule has 0 radical (unpaired) electrons. The van der Waals surface area contributed by atoms with Gasteiger partial charge in [-0.05, 0) is 26.8 Å². The molecule has 0 atom stereocenters. The highest BCUT2D eigenvalue weighted by Gasteiger charge is 2.10. The number of pyridine rings is 1. The van der Waals surface area contributed by atoms with E-state index in [0.29, 0.717) is 16.3 Å². The van der Waals surface area contributed by atoms with E-state index in [1.54, 1.807) is 18.2 Å². The van der Waals surface area contributed by atoms with Crippen LogP contribution in [0.25, 0.3) is 10.8 Å². The molecular weight excluding hydrogens is 242 g/mol. The molecule has 3 N–H and O–H groups in total. The van der Waals surface area contributed by atoms with Gasteiger partial charge < -0.3 is 10.5 Å². The van der Waals surface area contributed by atoms with Crippen molar-refractivity contribution in [3.8, 4) is 5.88 Å². The number of hydrazone groups is 1. The topological polar surface area (TPSA) is 77.5 Å². The van der Waals surface area contributed by atoms with Crippen LogP contribution in [0.1, 0.15) is 26.3 Å². The molecule has 0 amide bonds. The maximum absolute atomic E-state index is 11.7. The van der Waals surface area contributed by atoms with Crippen LogP contribution >= 0.6 is 0 Å². The van der Waals surface area contributed by atoms with Gasteiger partial charge in [0, 0.05) is 16.3 Å². The Hall–Kier alpha value is -2.30. The van der Waals surface area contributed by atoms with Gasteiger partial charge in [-0.1, -0.05) is 18.2 Å². The second kappa shape index (κ2) is 4.76. The number of H-pyrrole nitrogens is 1. The molecule has 2 rings (SSSR count). The molecule has 0 aliphatic carbocycles. The molecule has 5 heteroatoms. The Morgan fingerprint density at radius 3 is 2.53 bits per heavy atom. The van der Waals surface area contributed by atoms with E-state index in [2.05, 4.69) is 15.5 Å². The lowest BCUT2D eigenvalue weighted by Crippen LogP contribution is -2.31.